The number of hydrogen-bond acceptors (Lipinski definition) is 2. The molecular formula is C10H19NS. The minimum Gasteiger partial charge on any atom is -0.317 e. The predicted molar refractivity (Wildman–Crippen MR) is 55.6 cm³/mol. The first-order valence-corrected chi connectivity index (χ1v) is 6.39. The lowest BCUT2D eigenvalue weighted by Crippen LogP contribution is -2.28. The lowest BCUT2D eigenvalue weighted by Gasteiger charge is -2.24. The minimum absolute atomic E-state index is 1.05. The topological polar surface area (TPSA) is 12.0 Å². The highest BCUT2D eigenvalue weighted by molar-refractivity contribution is 7.99. The molecule has 2 saturated heterocycles. The van der Waals surface area contributed by atoms with Gasteiger partial charge in [-0.1, -0.05) is 0 Å². The third-order valence-electron chi connectivity index (χ3n) is 3.15. The van der Waals surface area contributed by atoms with Crippen LogP contribution >= 0.6 is 11.8 Å². The average molecular weight is 185 g/mol. The quantitative estimate of drug-likeness (QED) is 0.707. The minimum atomic E-state index is 1.05. The third-order valence-corrected chi connectivity index (χ3v) is 4.38. The highest BCUT2D eigenvalue weighted by Crippen LogP contribution is 2.31. The average Bonchev–Trinajstić information content (AvgIpc) is 2.59. The van der Waals surface area contributed by atoms with Gasteiger partial charge in [0.15, 0.2) is 0 Å². The zero-order valence-electron chi connectivity index (χ0n) is 7.72. The van der Waals surface area contributed by atoms with Gasteiger partial charge in [-0.25, -0.2) is 0 Å². The van der Waals surface area contributed by atoms with Crippen LogP contribution in [0.2, 0.25) is 0 Å². The Labute approximate surface area is 79.7 Å². The van der Waals surface area contributed by atoms with E-state index in [1.807, 2.05) is 0 Å². The summed E-state index contributed by atoms with van der Waals surface area (Å²) in [4.78, 5) is 0. The molecule has 1 N–H and O–H groups in total. The van der Waals surface area contributed by atoms with E-state index < -0.39 is 0 Å². The first kappa shape index (κ1) is 8.89. The number of piperidine rings is 1. The van der Waals surface area contributed by atoms with Crippen molar-refractivity contribution in [3.05, 3.63) is 0 Å². The first-order chi connectivity index (χ1) is 5.95. The molecule has 12 heavy (non-hydrogen) atoms. The van der Waals surface area contributed by atoms with Crippen LogP contribution in [0.5, 0.6) is 0 Å². The van der Waals surface area contributed by atoms with E-state index in [1.165, 1.54) is 50.3 Å². The Kier molecular flexibility index (Phi) is 3.35. The Bertz CT molecular complexity index is 126. The molecule has 0 saturated carbocycles. The van der Waals surface area contributed by atoms with Crippen LogP contribution in [-0.4, -0.2) is 24.6 Å². The van der Waals surface area contributed by atoms with Crippen LogP contribution < -0.4 is 5.32 Å². The van der Waals surface area contributed by atoms with E-state index in [1.54, 1.807) is 0 Å². The van der Waals surface area contributed by atoms with E-state index in [9.17, 15) is 0 Å². The summed E-state index contributed by atoms with van der Waals surface area (Å²) >= 11 is 2.16. The van der Waals surface area contributed by atoms with Crippen molar-refractivity contribution in [1.29, 1.82) is 0 Å². The van der Waals surface area contributed by atoms with E-state index in [2.05, 4.69) is 17.1 Å². The second-order valence-corrected chi connectivity index (χ2v) is 5.31. The van der Waals surface area contributed by atoms with Crippen LogP contribution in [0.3, 0.4) is 0 Å². The Balaban J connectivity index is 1.69. The van der Waals surface area contributed by atoms with E-state index >= 15 is 0 Å². The van der Waals surface area contributed by atoms with Crippen molar-refractivity contribution >= 4 is 11.8 Å². The van der Waals surface area contributed by atoms with E-state index in [-0.39, 0.29) is 0 Å². The van der Waals surface area contributed by atoms with Crippen LogP contribution in [0.4, 0.5) is 0 Å². The molecule has 0 aromatic rings. The molecule has 0 radical (unpaired) electrons. The molecule has 70 valence electrons. The number of nitrogens with one attached hydrogen (secondary N) is 1. The largest absolute Gasteiger partial charge is 0.317 e. The molecule has 2 aliphatic heterocycles. The Hall–Kier alpha value is 0.310. The van der Waals surface area contributed by atoms with Crippen molar-refractivity contribution in [3.8, 4) is 0 Å². The maximum absolute atomic E-state index is 3.43. The Morgan fingerprint density at radius 1 is 1.08 bits per heavy atom. The number of rotatable bonds is 2. The molecule has 1 unspecified atom stereocenters. The van der Waals surface area contributed by atoms with Gasteiger partial charge in [-0.15, -0.1) is 0 Å². The summed E-state index contributed by atoms with van der Waals surface area (Å²) in [6.07, 6.45) is 5.88. The molecule has 0 aromatic heterocycles. The van der Waals surface area contributed by atoms with E-state index in [4.69, 9.17) is 0 Å². The molecule has 2 heterocycles. The highest BCUT2D eigenvalue weighted by Gasteiger charge is 2.21. The maximum atomic E-state index is 3.43. The second-order valence-electron chi connectivity index (χ2n) is 4.16. The fraction of sp³-hybridized carbons (Fsp3) is 1.00. The zero-order chi connectivity index (χ0) is 8.23. The van der Waals surface area contributed by atoms with Crippen molar-refractivity contribution in [2.45, 2.75) is 25.7 Å². The van der Waals surface area contributed by atoms with Gasteiger partial charge in [-0.05, 0) is 62.1 Å². The van der Waals surface area contributed by atoms with Gasteiger partial charge in [0, 0.05) is 0 Å². The summed E-state index contributed by atoms with van der Waals surface area (Å²) in [6, 6.07) is 0. The highest BCUT2D eigenvalue weighted by atomic mass is 32.2. The summed E-state index contributed by atoms with van der Waals surface area (Å²) in [5.41, 5.74) is 0. The standard InChI is InChI=1S/C10H19NS/c1-4-11-5-2-9(1)7-10-3-6-12-8-10/h9-11H,1-8H2. The van der Waals surface area contributed by atoms with Crippen LogP contribution in [0.15, 0.2) is 0 Å². The molecule has 0 spiro atoms. The first-order valence-electron chi connectivity index (χ1n) is 5.23. The molecule has 2 rings (SSSR count). The van der Waals surface area contributed by atoms with Crippen molar-refractivity contribution < 1.29 is 0 Å². The van der Waals surface area contributed by atoms with Crippen molar-refractivity contribution in [3.63, 3.8) is 0 Å². The summed E-state index contributed by atoms with van der Waals surface area (Å²) in [7, 11) is 0. The molecular weight excluding hydrogens is 166 g/mol. The van der Waals surface area contributed by atoms with Crippen LogP contribution in [0, 0.1) is 11.8 Å². The van der Waals surface area contributed by atoms with Gasteiger partial charge in [0.05, 0.1) is 0 Å². The van der Waals surface area contributed by atoms with Gasteiger partial charge >= 0.3 is 0 Å². The lowest BCUT2D eigenvalue weighted by molar-refractivity contribution is 0.311. The van der Waals surface area contributed by atoms with Gasteiger partial charge < -0.3 is 5.32 Å². The lowest BCUT2D eigenvalue weighted by atomic mass is 9.87. The molecule has 2 fully saturated rings. The number of thioether (sulfide) groups is 1. The summed E-state index contributed by atoms with van der Waals surface area (Å²) in [5.74, 6) is 4.99. The van der Waals surface area contributed by atoms with Crippen molar-refractivity contribution in [2.24, 2.45) is 11.8 Å². The van der Waals surface area contributed by atoms with Gasteiger partial charge in [0.2, 0.25) is 0 Å². The molecule has 1 atom stereocenters. The molecule has 2 heteroatoms. The molecule has 2 aliphatic rings. The van der Waals surface area contributed by atoms with Gasteiger partial charge in [0.25, 0.3) is 0 Å². The van der Waals surface area contributed by atoms with E-state index in [0.29, 0.717) is 0 Å². The van der Waals surface area contributed by atoms with Crippen molar-refractivity contribution in [1.82, 2.24) is 5.32 Å². The molecule has 0 bridgehead atoms. The molecule has 0 aliphatic carbocycles. The van der Waals surface area contributed by atoms with Crippen LogP contribution in [0.25, 0.3) is 0 Å². The third kappa shape index (κ3) is 2.40. The monoisotopic (exact) mass is 185 g/mol. The summed E-state index contributed by atoms with van der Waals surface area (Å²) < 4.78 is 0. The van der Waals surface area contributed by atoms with Crippen molar-refractivity contribution in [2.75, 3.05) is 24.6 Å². The second kappa shape index (κ2) is 4.52. The van der Waals surface area contributed by atoms with Crippen LogP contribution in [0.1, 0.15) is 25.7 Å². The fourth-order valence-electron chi connectivity index (χ4n) is 2.36. The Morgan fingerprint density at radius 2 is 1.92 bits per heavy atom. The van der Waals surface area contributed by atoms with Gasteiger partial charge in [-0.3, -0.25) is 0 Å². The fourth-order valence-corrected chi connectivity index (χ4v) is 3.66. The van der Waals surface area contributed by atoms with Gasteiger partial charge in [-0.2, -0.15) is 11.8 Å². The number of hydrogen-bond donors (Lipinski definition) is 1. The Morgan fingerprint density at radius 3 is 2.58 bits per heavy atom. The zero-order valence-corrected chi connectivity index (χ0v) is 8.54. The summed E-state index contributed by atoms with van der Waals surface area (Å²) in [6.45, 7) is 2.54. The van der Waals surface area contributed by atoms with E-state index in [0.717, 1.165) is 11.8 Å². The predicted octanol–water partition coefficient (Wildman–Crippen LogP) is 2.13. The maximum Gasteiger partial charge on any atom is -0.00387 e. The molecule has 0 amide bonds. The van der Waals surface area contributed by atoms with Crippen LogP contribution in [-0.2, 0) is 0 Å². The SMILES string of the molecule is C1CC(CC2CCSC2)CCN1. The smallest absolute Gasteiger partial charge is 0.00387 e. The van der Waals surface area contributed by atoms with Gasteiger partial charge in [0.1, 0.15) is 0 Å². The normalized spacial score (nSPS) is 32.5. The molecule has 0 aromatic carbocycles. The molecule has 1 nitrogen and oxygen atoms in total. The summed E-state index contributed by atoms with van der Waals surface area (Å²) in [5, 5.41) is 3.43.